The summed E-state index contributed by atoms with van der Waals surface area (Å²) in [5.41, 5.74) is 0. The molecule has 0 radical (unpaired) electrons. The molecule has 0 aromatic carbocycles. The minimum atomic E-state index is -1.12. The Labute approximate surface area is 101 Å². The number of hydrogen-bond donors (Lipinski definition) is 1. The van der Waals surface area contributed by atoms with Crippen LogP contribution in [-0.2, 0) is 14.3 Å². The SMILES string of the molecule is C[C@@H]1CC[C@H]2[C@@H]1CC[C@H]2OC(=O)C=CC(=O)O. The van der Waals surface area contributed by atoms with E-state index in [9.17, 15) is 9.59 Å². The fourth-order valence-corrected chi connectivity index (χ4v) is 3.31. The Hall–Kier alpha value is -1.32. The van der Waals surface area contributed by atoms with Crippen LogP contribution in [0.15, 0.2) is 12.2 Å². The molecule has 0 heterocycles. The molecule has 4 atom stereocenters. The molecule has 0 saturated heterocycles. The van der Waals surface area contributed by atoms with Gasteiger partial charge in [-0.15, -0.1) is 0 Å². The monoisotopic (exact) mass is 238 g/mol. The highest BCUT2D eigenvalue weighted by Crippen LogP contribution is 2.48. The molecule has 0 aromatic heterocycles. The van der Waals surface area contributed by atoms with Gasteiger partial charge < -0.3 is 9.84 Å². The van der Waals surface area contributed by atoms with E-state index in [0.29, 0.717) is 11.8 Å². The van der Waals surface area contributed by atoms with E-state index in [2.05, 4.69) is 6.92 Å². The number of aliphatic carboxylic acids is 1. The largest absolute Gasteiger partial charge is 0.478 e. The van der Waals surface area contributed by atoms with E-state index in [1.165, 1.54) is 6.42 Å². The topological polar surface area (TPSA) is 63.6 Å². The Kier molecular flexibility index (Phi) is 3.50. The molecule has 17 heavy (non-hydrogen) atoms. The quantitative estimate of drug-likeness (QED) is 0.603. The molecular weight excluding hydrogens is 220 g/mol. The van der Waals surface area contributed by atoms with Crippen LogP contribution in [0.4, 0.5) is 0 Å². The molecule has 2 saturated carbocycles. The molecule has 0 unspecified atom stereocenters. The van der Waals surface area contributed by atoms with Crippen LogP contribution in [0.2, 0.25) is 0 Å². The lowest BCUT2D eigenvalue weighted by Gasteiger charge is -2.18. The van der Waals surface area contributed by atoms with Gasteiger partial charge in [-0.2, -0.15) is 0 Å². The van der Waals surface area contributed by atoms with E-state index in [1.54, 1.807) is 0 Å². The number of rotatable bonds is 3. The van der Waals surface area contributed by atoms with Crippen molar-refractivity contribution in [3.8, 4) is 0 Å². The van der Waals surface area contributed by atoms with Gasteiger partial charge in [0, 0.05) is 12.2 Å². The standard InChI is InChI=1S/C13H18O4/c1-8-2-3-10-9(8)4-5-11(10)17-13(16)7-6-12(14)15/h6-11H,2-5H2,1H3,(H,14,15)/t8-,9-,10+,11-/m1/s1. The number of esters is 1. The first kappa shape index (κ1) is 12.1. The fraction of sp³-hybridized carbons (Fsp3) is 0.692. The van der Waals surface area contributed by atoms with Crippen LogP contribution in [0.25, 0.3) is 0 Å². The van der Waals surface area contributed by atoms with E-state index < -0.39 is 11.9 Å². The lowest BCUT2D eigenvalue weighted by Crippen LogP contribution is -2.22. The average Bonchev–Trinajstić information content (AvgIpc) is 2.81. The number of carbonyl (C=O) groups excluding carboxylic acids is 1. The number of fused-ring (bicyclic) bond motifs is 1. The third kappa shape index (κ3) is 2.68. The summed E-state index contributed by atoms with van der Waals surface area (Å²) in [6, 6.07) is 0. The molecule has 1 N–H and O–H groups in total. The van der Waals surface area contributed by atoms with Crippen LogP contribution >= 0.6 is 0 Å². The molecule has 0 amide bonds. The number of carbonyl (C=O) groups is 2. The number of hydrogen-bond acceptors (Lipinski definition) is 3. The molecule has 94 valence electrons. The first-order valence-electron chi connectivity index (χ1n) is 6.19. The van der Waals surface area contributed by atoms with Gasteiger partial charge in [0.05, 0.1) is 0 Å². The van der Waals surface area contributed by atoms with Crippen LogP contribution in [0.5, 0.6) is 0 Å². The van der Waals surface area contributed by atoms with Crippen molar-refractivity contribution in [3.05, 3.63) is 12.2 Å². The van der Waals surface area contributed by atoms with Crippen molar-refractivity contribution in [3.63, 3.8) is 0 Å². The lowest BCUT2D eigenvalue weighted by molar-refractivity contribution is -0.145. The van der Waals surface area contributed by atoms with E-state index in [1.807, 2.05) is 0 Å². The van der Waals surface area contributed by atoms with Crippen molar-refractivity contribution in [1.29, 1.82) is 0 Å². The van der Waals surface area contributed by atoms with Crippen LogP contribution in [0.1, 0.15) is 32.6 Å². The highest BCUT2D eigenvalue weighted by Gasteiger charge is 2.44. The van der Waals surface area contributed by atoms with Crippen molar-refractivity contribution in [2.75, 3.05) is 0 Å². The highest BCUT2D eigenvalue weighted by atomic mass is 16.5. The van der Waals surface area contributed by atoms with E-state index in [0.717, 1.165) is 37.3 Å². The summed E-state index contributed by atoms with van der Waals surface area (Å²) in [6.07, 6.45) is 6.22. The molecule has 2 rings (SSSR count). The zero-order valence-corrected chi connectivity index (χ0v) is 9.96. The number of ether oxygens (including phenoxy) is 1. The van der Waals surface area contributed by atoms with E-state index >= 15 is 0 Å². The molecule has 0 aromatic rings. The molecule has 0 aliphatic heterocycles. The maximum atomic E-state index is 11.4. The zero-order valence-electron chi connectivity index (χ0n) is 9.96. The van der Waals surface area contributed by atoms with Gasteiger partial charge in [-0.05, 0) is 37.0 Å². The van der Waals surface area contributed by atoms with Crippen molar-refractivity contribution >= 4 is 11.9 Å². The van der Waals surface area contributed by atoms with Gasteiger partial charge in [-0.25, -0.2) is 9.59 Å². The minimum Gasteiger partial charge on any atom is -0.478 e. The Morgan fingerprint density at radius 2 is 1.82 bits per heavy atom. The summed E-state index contributed by atoms with van der Waals surface area (Å²) in [5, 5.41) is 8.41. The van der Waals surface area contributed by atoms with Crippen LogP contribution in [-0.4, -0.2) is 23.1 Å². The average molecular weight is 238 g/mol. The summed E-state index contributed by atoms with van der Waals surface area (Å²) in [6.45, 7) is 2.26. The predicted molar refractivity (Wildman–Crippen MR) is 61.3 cm³/mol. The Bertz CT molecular complexity index is 347. The van der Waals surface area contributed by atoms with Gasteiger partial charge >= 0.3 is 11.9 Å². The van der Waals surface area contributed by atoms with Gasteiger partial charge in [-0.3, -0.25) is 0 Å². The molecule has 2 aliphatic rings. The summed E-state index contributed by atoms with van der Waals surface area (Å²) < 4.78 is 5.33. The Morgan fingerprint density at radius 1 is 1.12 bits per heavy atom. The normalized spacial score (nSPS) is 36.1. The smallest absolute Gasteiger partial charge is 0.331 e. The predicted octanol–water partition coefficient (Wildman–Crippen LogP) is 2.00. The molecule has 4 heteroatoms. The lowest BCUT2D eigenvalue weighted by atomic mass is 9.93. The third-order valence-electron chi connectivity index (χ3n) is 4.13. The number of carboxylic acids is 1. The van der Waals surface area contributed by atoms with E-state index in [-0.39, 0.29) is 6.10 Å². The van der Waals surface area contributed by atoms with Crippen molar-refractivity contribution in [2.24, 2.45) is 17.8 Å². The summed E-state index contributed by atoms with van der Waals surface area (Å²) in [5.74, 6) is 0.264. The summed E-state index contributed by atoms with van der Waals surface area (Å²) in [4.78, 5) is 21.7. The van der Waals surface area contributed by atoms with Crippen molar-refractivity contribution in [2.45, 2.75) is 38.7 Å². The van der Waals surface area contributed by atoms with Crippen molar-refractivity contribution in [1.82, 2.24) is 0 Å². The first-order valence-corrected chi connectivity index (χ1v) is 6.19. The van der Waals surface area contributed by atoms with E-state index in [4.69, 9.17) is 9.84 Å². The Balaban J connectivity index is 1.88. The maximum Gasteiger partial charge on any atom is 0.331 e. The molecule has 2 fully saturated rings. The second-order valence-electron chi connectivity index (χ2n) is 5.11. The van der Waals surface area contributed by atoms with Gasteiger partial charge in [0.2, 0.25) is 0 Å². The van der Waals surface area contributed by atoms with Gasteiger partial charge in [0.1, 0.15) is 6.10 Å². The van der Waals surface area contributed by atoms with Crippen molar-refractivity contribution < 1.29 is 19.4 Å². The van der Waals surface area contributed by atoms with Gasteiger partial charge in [0.25, 0.3) is 0 Å². The van der Waals surface area contributed by atoms with Crippen LogP contribution in [0.3, 0.4) is 0 Å². The maximum absolute atomic E-state index is 11.4. The fourth-order valence-electron chi connectivity index (χ4n) is 3.31. The second-order valence-corrected chi connectivity index (χ2v) is 5.11. The summed E-state index contributed by atoms with van der Waals surface area (Å²) >= 11 is 0. The summed E-state index contributed by atoms with van der Waals surface area (Å²) in [7, 11) is 0. The van der Waals surface area contributed by atoms with Crippen LogP contribution in [0, 0.1) is 17.8 Å². The number of carboxylic acid groups (broad SMARTS) is 1. The van der Waals surface area contributed by atoms with Crippen LogP contribution < -0.4 is 0 Å². The minimum absolute atomic E-state index is 0.00380. The first-order chi connectivity index (χ1) is 8.08. The second kappa shape index (κ2) is 4.90. The molecular formula is C13H18O4. The zero-order chi connectivity index (χ0) is 12.4. The van der Waals surface area contributed by atoms with Gasteiger partial charge in [-0.1, -0.05) is 13.3 Å². The van der Waals surface area contributed by atoms with Gasteiger partial charge in [0.15, 0.2) is 0 Å². The molecule has 0 bridgehead atoms. The Morgan fingerprint density at radius 3 is 2.53 bits per heavy atom. The molecule has 2 aliphatic carbocycles. The third-order valence-corrected chi connectivity index (χ3v) is 4.13. The molecule has 4 nitrogen and oxygen atoms in total. The highest BCUT2D eigenvalue weighted by molar-refractivity contribution is 5.90. The molecule has 0 spiro atoms.